The number of carbonyl (C=O) groups is 3. The van der Waals surface area contributed by atoms with Gasteiger partial charge in [-0.05, 0) is 38.3 Å². The number of halogens is 1. The molecule has 1 amide bonds. The van der Waals surface area contributed by atoms with Crippen LogP contribution in [0.3, 0.4) is 0 Å². The average molecular weight is 383 g/mol. The SMILES string of the molecule is CC(C)(C=N)OC(=O)N1CCCC1C(=O)OCC(=O)c1cnc(Cl)nc1. The first-order valence-corrected chi connectivity index (χ1v) is 8.30. The van der Waals surface area contributed by atoms with Crippen LogP contribution in [0.25, 0.3) is 0 Å². The summed E-state index contributed by atoms with van der Waals surface area (Å²) < 4.78 is 10.2. The van der Waals surface area contributed by atoms with Crippen LogP contribution in [0.2, 0.25) is 5.28 Å². The number of ketones is 1. The second kappa shape index (κ2) is 8.22. The molecule has 1 atom stereocenters. The third-order valence-corrected chi connectivity index (χ3v) is 3.94. The van der Waals surface area contributed by atoms with Crippen molar-refractivity contribution in [3.05, 3.63) is 23.2 Å². The molecule has 1 aliphatic rings. The molecule has 0 aliphatic carbocycles. The van der Waals surface area contributed by atoms with Crippen molar-refractivity contribution in [1.29, 1.82) is 5.41 Å². The highest BCUT2D eigenvalue weighted by molar-refractivity contribution is 6.28. The van der Waals surface area contributed by atoms with Crippen molar-refractivity contribution < 1.29 is 23.9 Å². The summed E-state index contributed by atoms with van der Waals surface area (Å²) in [4.78, 5) is 45.1. The van der Waals surface area contributed by atoms with E-state index < -0.39 is 36.1 Å². The fourth-order valence-electron chi connectivity index (χ4n) is 2.32. The lowest BCUT2D eigenvalue weighted by atomic mass is 10.2. The van der Waals surface area contributed by atoms with Crippen molar-refractivity contribution in [1.82, 2.24) is 14.9 Å². The largest absolute Gasteiger partial charge is 0.456 e. The predicted octanol–water partition coefficient (Wildman–Crippen LogP) is 1.89. The van der Waals surface area contributed by atoms with Gasteiger partial charge in [0.05, 0.1) is 5.56 Å². The molecule has 2 heterocycles. The van der Waals surface area contributed by atoms with Crippen LogP contribution in [0.5, 0.6) is 0 Å². The van der Waals surface area contributed by atoms with E-state index in [0.29, 0.717) is 19.4 Å². The molecule has 10 heteroatoms. The highest BCUT2D eigenvalue weighted by Crippen LogP contribution is 2.21. The third kappa shape index (κ3) is 4.98. The van der Waals surface area contributed by atoms with Crippen molar-refractivity contribution in [3.63, 3.8) is 0 Å². The van der Waals surface area contributed by atoms with Crippen molar-refractivity contribution in [2.45, 2.75) is 38.3 Å². The first kappa shape index (κ1) is 19.8. The Morgan fingerprint density at radius 2 is 2.04 bits per heavy atom. The molecule has 0 radical (unpaired) electrons. The van der Waals surface area contributed by atoms with Gasteiger partial charge in [-0.2, -0.15) is 0 Å². The summed E-state index contributed by atoms with van der Waals surface area (Å²) in [5, 5.41) is 7.25. The molecule has 0 spiro atoms. The van der Waals surface area contributed by atoms with Gasteiger partial charge in [-0.15, -0.1) is 0 Å². The fourth-order valence-corrected chi connectivity index (χ4v) is 2.41. The summed E-state index contributed by atoms with van der Waals surface area (Å²) in [5.41, 5.74) is -0.906. The van der Waals surface area contributed by atoms with E-state index in [1.54, 1.807) is 13.8 Å². The van der Waals surface area contributed by atoms with Crippen LogP contribution in [-0.4, -0.2) is 63.7 Å². The molecule has 1 unspecified atom stereocenters. The standard InChI is InChI=1S/C16H19ClN4O5/c1-16(2,9-18)26-15(24)21-5-3-4-11(21)13(23)25-8-12(22)10-6-19-14(17)20-7-10/h6-7,9,11,18H,3-5,8H2,1-2H3. The highest BCUT2D eigenvalue weighted by atomic mass is 35.5. The van der Waals surface area contributed by atoms with E-state index in [-0.39, 0.29) is 10.8 Å². The molecule has 1 aromatic heterocycles. The lowest BCUT2D eigenvalue weighted by molar-refractivity contribution is -0.147. The smallest absolute Gasteiger partial charge is 0.411 e. The molecule has 1 saturated heterocycles. The van der Waals surface area contributed by atoms with Gasteiger partial charge >= 0.3 is 12.1 Å². The maximum absolute atomic E-state index is 12.3. The lowest BCUT2D eigenvalue weighted by Crippen LogP contribution is -2.45. The average Bonchev–Trinajstić information content (AvgIpc) is 3.09. The number of nitrogens with zero attached hydrogens (tertiary/aromatic N) is 3. The fraction of sp³-hybridized carbons (Fsp3) is 0.500. The van der Waals surface area contributed by atoms with Crippen LogP contribution >= 0.6 is 11.6 Å². The maximum Gasteiger partial charge on any atom is 0.411 e. The number of likely N-dealkylation sites (tertiary alicyclic amines) is 1. The number of ether oxygens (including phenoxy) is 2. The summed E-state index contributed by atoms with van der Waals surface area (Å²) in [6.07, 6.45) is 3.81. The third-order valence-electron chi connectivity index (χ3n) is 3.75. The Labute approximate surface area is 155 Å². The number of esters is 1. The van der Waals surface area contributed by atoms with Crippen LogP contribution in [0.15, 0.2) is 12.4 Å². The molecule has 1 aliphatic heterocycles. The number of hydrogen-bond acceptors (Lipinski definition) is 8. The Morgan fingerprint density at radius 3 is 2.65 bits per heavy atom. The molecule has 2 rings (SSSR count). The Kier molecular flexibility index (Phi) is 6.25. The van der Waals surface area contributed by atoms with E-state index >= 15 is 0 Å². The number of aromatic nitrogens is 2. The van der Waals surface area contributed by atoms with Crippen LogP contribution in [0, 0.1) is 5.41 Å². The molecule has 1 fully saturated rings. The summed E-state index contributed by atoms with van der Waals surface area (Å²) in [6, 6.07) is -0.821. The van der Waals surface area contributed by atoms with E-state index in [0.717, 1.165) is 6.21 Å². The van der Waals surface area contributed by atoms with Gasteiger partial charge in [0.2, 0.25) is 11.1 Å². The molecule has 1 N–H and O–H groups in total. The van der Waals surface area contributed by atoms with Crippen LogP contribution in [-0.2, 0) is 14.3 Å². The van der Waals surface area contributed by atoms with Crippen molar-refractivity contribution in [2.24, 2.45) is 0 Å². The molecular formula is C16H19ClN4O5. The molecule has 1 aromatic rings. The minimum Gasteiger partial charge on any atom is -0.456 e. The molecule has 0 saturated carbocycles. The van der Waals surface area contributed by atoms with Crippen LogP contribution in [0.4, 0.5) is 4.79 Å². The molecule has 140 valence electrons. The van der Waals surface area contributed by atoms with Crippen molar-refractivity contribution >= 4 is 35.7 Å². The van der Waals surface area contributed by atoms with Gasteiger partial charge in [0, 0.05) is 25.2 Å². The summed E-state index contributed by atoms with van der Waals surface area (Å²) in [6.45, 7) is 2.98. The van der Waals surface area contributed by atoms with Gasteiger partial charge in [-0.25, -0.2) is 19.6 Å². The lowest BCUT2D eigenvalue weighted by Gasteiger charge is -2.27. The minimum atomic E-state index is -1.07. The second-order valence-corrected chi connectivity index (χ2v) is 6.58. The number of Topliss-reactive ketones (excluding diaryl/α,β-unsaturated/α-hetero) is 1. The van der Waals surface area contributed by atoms with Gasteiger partial charge in [-0.1, -0.05) is 0 Å². The summed E-state index contributed by atoms with van der Waals surface area (Å²) in [5.74, 6) is -1.16. The molecule has 9 nitrogen and oxygen atoms in total. The highest BCUT2D eigenvalue weighted by Gasteiger charge is 2.38. The number of nitrogens with one attached hydrogen (secondary N) is 1. The number of rotatable bonds is 6. The minimum absolute atomic E-state index is 0.00602. The normalized spacial score (nSPS) is 16.9. The quantitative estimate of drug-likeness (QED) is 0.345. The van der Waals surface area contributed by atoms with E-state index in [1.165, 1.54) is 17.3 Å². The zero-order valence-electron chi connectivity index (χ0n) is 14.4. The monoisotopic (exact) mass is 382 g/mol. The predicted molar refractivity (Wildman–Crippen MR) is 91.4 cm³/mol. The van der Waals surface area contributed by atoms with Crippen LogP contribution in [0.1, 0.15) is 37.0 Å². The van der Waals surface area contributed by atoms with Crippen molar-refractivity contribution in [2.75, 3.05) is 13.2 Å². The Hall–Kier alpha value is -2.55. The Balaban J connectivity index is 1.93. The second-order valence-electron chi connectivity index (χ2n) is 6.24. The van der Waals surface area contributed by atoms with Gasteiger partial charge in [0.1, 0.15) is 11.6 Å². The number of amides is 1. The summed E-state index contributed by atoms with van der Waals surface area (Å²) in [7, 11) is 0. The molecule has 0 aromatic carbocycles. The molecular weight excluding hydrogens is 364 g/mol. The molecule has 26 heavy (non-hydrogen) atoms. The maximum atomic E-state index is 12.3. The zero-order chi connectivity index (χ0) is 19.3. The van der Waals surface area contributed by atoms with E-state index in [9.17, 15) is 14.4 Å². The van der Waals surface area contributed by atoms with Gasteiger partial charge < -0.3 is 14.9 Å². The van der Waals surface area contributed by atoms with Gasteiger partial charge in [0.15, 0.2) is 6.61 Å². The Morgan fingerprint density at radius 1 is 1.38 bits per heavy atom. The van der Waals surface area contributed by atoms with Crippen molar-refractivity contribution in [3.8, 4) is 0 Å². The van der Waals surface area contributed by atoms with Gasteiger partial charge in [0.25, 0.3) is 0 Å². The first-order valence-electron chi connectivity index (χ1n) is 7.92. The number of hydrogen-bond donors (Lipinski definition) is 1. The van der Waals surface area contributed by atoms with Crippen LogP contribution < -0.4 is 0 Å². The van der Waals surface area contributed by atoms with E-state index in [2.05, 4.69) is 9.97 Å². The van der Waals surface area contributed by atoms with Gasteiger partial charge in [-0.3, -0.25) is 9.69 Å². The first-order chi connectivity index (χ1) is 12.2. The van der Waals surface area contributed by atoms with E-state index in [4.69, 9.17) is 26.5 Å². The summed E-state index contributed by atoms with van der Waals surface area (Å²) >= 11 is 5.55. The molecule has 0 bridgehead atoms. The van der Waals surface area contributed by atoms with E-state index in [1.807, 2.05) is 0 Å². The zero-order valence-corrected chi connectivity index (χ0v) is 15.2. The Bertz CT molecular complexity index is 707. The number of carbonyl (C=O) groups excluding carboxylic acids is 3. The topological polar surface area (TPSA) is 123 Å².